The van der Waals surface area contributed by atoms with Gasteiger partial charge in [0.15, 0.2) is 0 Å². The second-order valence-electron chi connectivity index (χ2n) is 6.00. The highest BCUT2D eigenvalue weighted by Crippen LogP contribution is 2.21. The minimum absolute atomic E-state index is 0.0130. The molecule has 1 aromatic carbocycles. The number of carboxylic acid groups (broad SMARTS) is 1. The molecule has 140 valence electrons. The van der Waals surface area contributed by atoms with Crippen LogP contribution in [0.15, 0.2) is 30.5 Å². The fourth-order valence-electron chi connectivity index (χ4n) is 2.67. The Balaban J connectivity index is 1.77. The Kier molecular flexibility index (Phi) is 6.74. The Morgan fingerprint density at radius 3 is 2.73 bits per heavy atom. The lowest BCUT2D eigenvalue weighted by Gasteiger charge is -2.11. The highest BCUT2D eigenvalue weighted by Gasteiger charge is 2.18. The summed E-state index contributed by atoms with van der Waals surface area (Å²) in [6.07, 6.45) is 1.96. The molecule has 1 heterocycles. The van der Waals surface area contributed by atoms with Crippen LogP contribution in [-0.4, -0.2) is 46.7 Å². The molecular formula is C18H23N3O5. The third kappa shape index (κ3) is 5.32. The zero-order chi connectivity index (χ0) is 19.1. The number of carbonyl (C=O) groups is 3. The van der Waals surface area contributed by atoms with E-state index in [1.54, 1.807) is 0 Å². The van der Waals surface area contributed by atoms with Crippen molar-refractivity contribution >= 4 is 28.7 Å². The SMILES string of the molecule is Cn1cc(C[C@@H](N)C(=O)OCCNC(=O)CCC(=O)O)c2ccccc21. The lowest BCUT2D eigenvalue weighted by Crippen LogP contribution is -2.36. The van der Waals surface area contributed by atoms with Crippen molar-refractivity contribution < 1.29 is 24.2 Å². The second-order valence-corrected chi connectivity index (χ2v) is 6.00. The van der Waals surface area contributed by atoms with Crippen molar-refractivity contribution in [2.24, 2.45) is 12.8 Å². The van der Waals surface area contributed by atoms with Gasteiger partial charge in [0.25, 0.3) is 0 Å². The van der Waals surface area contributed by atoms with Crippen molar-refractivity contribution in [3.05, 3.63) is 36.0 Å². The normalized spacial score (nSPS) is 11.9. The molecule has 0 spiro atoms. The molecule has 0 fully saturated rings. The minimum Gasteiger partial charge on any atom is -0.481 e. The van der Waals surface area contributed by atoms with E-state index < -0.39 is 23.9 Å². The molecule has 8 nitrogen and oxygen atoms in total. The highest BCUT2D eigenvalue weighted by molar-refractivity contribution is 5.85. The maximum Gasteiger partial charge on any atom is 0.323 e. The standard InChI is InChI=1S/C18H23N3O5/c1-21-11-12(13-4-2-3-5-15(13)21)10-14(19)18(25)26-9-8-20-16(22)6-7-17(23)24/h2-5,11,14H,6-10,19H2,1H3,(H,20,22)(H,23,24)/t14-/m1/s1. The largest absolute Gasteiger partial charge is 0.481 e. The summed E-state index contributed by atoms with van der Waals surface area (Å²) in [7, 11) is 1.93. The molecule has 8 heteroatoms. The van der Waals surface area contributed by atoms with E-state index in [9.17, 15) is 14.4 Å². The van der Waals surface area contributed by atoms with Crippen molar-refractivity contribution in [3.63, 3.8) is 0 Å². The first-order valence-corrected chi connectivity index (χ1v) is 8.32. The van der Waals surface area contributed by atoms with Gasteiger partial charge in [-0.15, -0.1) is 0 Å². The molecule has 2 aromatic rings. The zero-order valence-electron chi connectivity index (χ0n) is 14.6. The number of aromatic nitrogens is 1. The van der Waals surface area contributed by atoms with Crippen LogP contribution in [-0.2, 0) is 32.6 Å². The predicted octanol–water partition coefficient (Wildman–Crippen LogP) is 0.572. The third-order valence-electron chi connectivity index (χ3n) is 3.96. The number of nitrogens with one attached hydrogen (secondary N) is 1. The van der Waals surface area contributed by atoms with Crippen molar-refractivity contribution in [3.8, 4) is 0 Å². The van der Waals surface area contributed by atoms with E-state index in [1.165, 1.54) is 0 Å². The van der Waals surface area contributed by atoms with Crippen LogP contribution in [0.3, 0.4) is 0 Å². The van der Waals surface area contributed by atoms with Gasteiger partial charge in [0.05, 0.1) is 13.0 Å². The highest BCUT2D eigenvalue weighted by atomic mass is 16.5. The molecule has 0 aliphatic carbocycles. The van der Waals surface area contributed by atoms with Crippen LogP contribution in [0, 0.1) is 0 Å². The number of amides is 1. The average molecular weight is 361 g/mol. The van der Waals surface area contributed by atoms with Crippen molar-refractivity contribution in [1.82, 2.24) is 9.88 Å². The van der Waals surface area contributed by atoms with Gasteiger partial charge in [0, 0.05) is 37.0 Å². The smallest absolute Gasteiger partial charge is 0.323 e. The Morgan fingerprint density at radius 1 is 1.27 bits per heavy atom. The number of nitrogens with two attached hydrogens (primary N) is 1. The van der Waals surface area contributed by atoms with Gasteiger partial charge in [-0.3, -0.25) is 14.4 Å². The van der Waals surface area contributed by atoms with Gasteiger partial charge in [-0.2, -0.15) is 0 Å². The molecule has 0 aliphatic rings. The van der Waals surface area contributed by atoms with Crippen LogP contribution in [0.25, 0.3) is 10.9 Å². The number of para-hydroxylation sites is 1. The van der Waals surface area contributed by atoms with Gasteiger partial charge in [-0.05, 0) is 11.6 Å². The molecule has 1 aromatic heterocycles. The molecule has 2 rings (SSSR count). The topological polar surface area (TPSA) is 124 Å². The predicted molar refractivity (Wildman–Crippen MR) is 95.4 cm³/mol. The number of hydrogen-bond acceptors (Lipinski definition) is 5. The van der Waals surface area contributed by atoms with Crippen molar-refractivity contribution in [2.75, 3.05) is 13.2 Å². The number of benzene rings is 1. The Labute approximate surface area is 150 Å². The number of fused-ring (bicyclic) bond motifs is 1. The summed E-state index contributed by atoms with van der Waals surface area (Å²) < 4.78 is 7.05. The van der Waals surface area contributed by atoms with Crippen molar-refractivity contribution in [2.45, 2.75) is 25.3 Å². The fourth-order valence-corrected chi connectivity index (χ4v) is 2.67. The summed E-state index contributed by atoms with van der Waals surface area (Å²) in [4.78, 5) is 33.7. The van der Waals surface area contributed by atoms with Gasteiger partial charge >= 0.3 is 11.9 Å². The first-order valence-electron chi connectivity index (χ1n) is 8.32. The number of aliphatic carboxylic acids is 1. The molecule has 0 unspecified atom stereocenters. The van der Waals surface area contributed by atoms with E-state index in [-0.39, 0.29) is 26.0 Å². The summed E-state index contributed by atoms with van der Waals surface area (Å²) in [6.45, 7) is 0.103. The van der Waals surface area contributed by atoms with Gasteiger partial charge < -0.3 is 25.5 Å². The molecule has 0 saturated heterocycles. The molecule has 0 bridgehead atoms. The molecule has 0 radical (unpaired) electrons. The van der Waals surface area contributed by atoms with E-state index in [2.05, 4.69) is 5.32 Å². The number of carboxylic acids is 1. The molecule has 26 heavy (non-hydrogen) atoms. The third-order valence-corrected chi connectivity index (χ3v) is 3.96. The van der Waals surface area contributed by atoms with E-state index in [1.807, 2.05) is 42.1 Å². The number of rotatable bonds is 9. The first-order chi connectivity index (χ1) is 12.4. The summed E-state index contributed by atoms with van der Waals surface area (Å²) >= 11 is 0. The lowest BCUT2D eigenvalue weighted by atomic mass is 10.1. The van der Waals surface area contributed by atoms with Gasteiger partial charge in [-0.1, -0.05) is 18.2 Å². The van der Waals surface area contributed by atoms with E-state index in [0.717, 1.165) is 16.5 Å². The number of aryl methyl sites for hydroxylation is 1. The summed E-state index contributed by atoms with van der Waals surface area (Å²) in [6, 6.07) is 7.06. The lowest BCUT2D eigenvalue weighted by molar-refractivity contribution is -0.145. The molecule has 4 N–H and O–H groups in total. The Bertz CT molecular complexity index is 799. The van der Waals surface area contributed by atoms with Crippen LogP contribution in [0.4, 0.5) is 0 Å². The fraction of sp³-hybridized carbons (Fsp3) is 0.389. The number of esters is 1. The number of ether oxygens (including phenoxy) is 1. The number of nitrogens with zero attached hydrogens (tertiary/aromatic N) is 1. The summed E-state index contributed by atoms with van der Waals surface area (Å²) in [5, 5.41) is 12.0. The summed E-state index contributed by atoms with van der Waals surface area (Å²) in [5.41, 5.74) is 7.97. The average Bonchev–Trinajstić information content (AvgIpc) is 2.93. The maximum atomic E-state index is 12.0. The Hall–Kier alpha value is -2.87. The van der Waals surface area contributed by atoms with E-state index in [4.69, 9.17) is 15.6 Å². The molecule has 0 aliphatic heterocycles. The van der Waals surface area contributed by atoms with Gasteiger partial charge in [-0.25, -0.2) is 0 Å². The van der Waals surface area contributed by atoms with Crippen LogP contribution in [0.1, 0.15) is 18.4 Å². The van der Waals surface area contributed by atoms with E-state index in [0.29, 0.717) is 6.42 Å². The van der Waals surface area contributed by atoms with Gasteiger partial charge in [0.2, 0.25) is 5.91 Å². The monoisotopic (exact) mass is 361 g/mol. The Morgan fingerprint density at radius 2 is 2.00 bits per heavy atom. The van der Waals surface area contributed by atoms with Crippen molar-refractivity contribution in [1.29, 1.82) is 0 Å². The molecular weight excluding hydrogens is 338 g/mol. The van der Waals surface area contributed by atoms with Crippen LogP contribution < -0.4 is 11.1 Å². The number of hydrogen-bond donors (Lipinski definition) is 3. The molecule has 0 saturated carbocycles. The van der Waals surface area contributed by atoms with Crippen LogP contribution in [0.5, 0.6) is 0 Å². The minimum atomic E-state index is -1.04. The van der Waals surface area contributed by atoms with Crippen LogP contribution in [0.2, 0.25) is 0 Å². The zero-order valence-corrected chi connectivity index (χ0v) is 14.6. The number of carbonyl (C=O) groups excluding carboxylic acids is 2. The molecule has 1 amide bonds. The first kappa shape index (κ1) is 19.5. The quantitative estimate of drug-likeness (QED) is 0.443. The summed E-state index contributed by atoms with van der Waals surface area (Å²) in [5.74, 6) is -1.98. The van der Waals surface area contributed by atoms with E-state index >= 15 is 0 Å². The second kappa shape index (κ2) is 9.00. The molecule has 1 atom stereocenters. The van der Waals surface area contributed by atoms with Crippen LogP contribution >= 0.6 is 0 Å². The van der Waals surface area contributed by atoms with Gasteiger partial charge in [0.1, 0.15) is 12.6 Å². The maximum absolute atomic E-state index is 12.0.